The van der Waals surface area contributed by atoms with Crippen LogP contribution in [-0.2, 0) is 18.9 Å². The highest BCUT2D eigenvalue weighted by Gasteiger charge is 2.35. The van der Waals surface area contributed by atoms with E-state index in [9.17, 15) is 31.1 Å². The molecule has 3 aromatic rings. The van der Waals surface area contributed by atoms with E-state index in [0.29, 0.717) is 10.9 Å². The number of alkyl halides is 6. The summed E-state index contributed by atoms with van der Waals surface area (Å²) in [5.41, 5.74) is -2.43. The van der Waals surface area contributed by atoms with Crippen molar-refractivity contribution in [3.63, 3.8) is 0 Å². The average molecular weight is 488 g/mol. The number of rotatable bonds is 7. The molecule has 0 saturated carbocycles. The quantitative estimate of drug-likeness (QED) is 0.341. The molecule has 33 heavy (non-hydrogen) atoms. The number of aromatic nitrogens is 3. The summed E-state index contributed by atoms with van der Waals surface area (Å²) in [7, 11) is 0. The zero-order chi connectivity index (χ0) is 24.2. The minimum absolute atomic E-state index is 0.0748. The van der Waals surface area contributed by atoms with Crippen LogP contribution < -0.4 is 5.32 Å². The largest absolute Gasteiger partial charge is 0.417 e. The number of benzene rings is 2. The van der Waals surface area contributed by atoms with Crippen molar-refractivity contribution in [3.8, 4) is 5.69 Å². The Morgan fingerprint density at radius 3 is 2.39 bits per heavy atom. The molecule has 1 amide bonds. The lowest BCUT2D eigenvalue weighted by atomic mass is 10.1. The molecule has 0 fully saturated rings. The van der Waals surface area contributed by atoms with Gasteiger partial charge in [0.15, 0.2) is 11.0 Å². The van der Waals surface area contributed by atoms with Gasteiger partial charge >= 0.3 is 12.4 Å². The maximum absolute atomic E-state index is 13.2. The molecule has 0 radical (unpaired) electrons. The van der Waals surface area contributed by atoms with Crippen LogP contribution in [0.1, 0.15) is 40.7 Å². The van der Waals surface area contributed by atoms with Crippen LogP contribution in [0.25, 0.3) is 5.69 Å². The zero-order valence-electron chi connectivity index (χ0n) is 17.2. The minimum Gasteiger partial charge on any atom is -0.345 e. The van der Waals surface area contributed by atoms with Crippen molar-refractivity contribution < 1.29 is 31.1 Å². The maximum atomic E-state index is 13.2. The SMILES string of the molecule is CCCSc1nnc(CNC(=O)c2ccccc2C(F)(F)F)n1-c1cccc(C(F)(F)F)c1. The highest BCUT2D eigenvalue weighted by atomic mass is 32.2. The fourth-order valence-corrected chi connectivity index (χ4v) is 3.79. The van der Waals surface area contributed by atoms with Crippen molar-refractivity contribution in [2.45, 2.75) is 37.4 Å². The van der Waals surface area contributed by atoms with Crippen LogP contribution in [0, 0.1) is 0 Å². The molecule has 1 aromatic heterocycles. The lowest BCUT2D eigenvalue weighted by Crippen LogP contribution is -2.27. The Hall–Kier alpha value is -3.02. The fourth-order valence-electron chi connectivity index (χ4n) is 2.97. The number of thioether (sulfide) groups is 1. The molecule has 0 spiro atoms. The Balaban J connectivity index is 1.93. The van der Waals surface area contributed by atoms with E-state index in [4.69, 9.17) is 0 Å². The summed E-state index contributed by atoms with van der Waals surface area (Å²) in [5, 5.41) is 10.6. The fraction of sp³-hybridized carbons (Fsp3) is 0.286. The van der Waals surface area contributed by atoms with Gasteiger partial charge in [-0.2, -0.15) is 26.3 Å². The van der Waals surface area contributed by atoms with Crippen LogP contribution in [0.15, 0.2) is 53.7 Å². The number of carbonyl (C=O) groups excluding carboxylic acids is 1. The summed E-state index contributed by atoms with van der Waals surface area (Å²) in [6.07, 6.45) is -8.53. The maximum Gasteiger partial charge on any atom is 0.417 e. The summed E-state index contributed by atoms with van der Waals surface area (Å²) in [5.74, 6) is -0.308. The second-order valence-corrected chi connectivity index (χ2v) is 7.92. The Bertz CT molecular complexity index is 1130. The molecule has 12 heteroatoms. The molecule has 0 aliphatic rings. The number of halogens is 6. The van der Waals surface area contributed by atoms with Gasteiger partial charge in [0.25, 0.3) is 5.91 Å². The van der Waals surface area contributed by atoms with Crippen molar-refractivity contribution in [1.29, 1.82) is 0 Å². The summed E-state index contributed by atoms with van der Waals surface area (Å²) in [4.78, 5) is 12.5. The van der Waals surface area contributed by atoms with Crippen LogP contribution >= 0.6 is 11.8 Å². The third-order valence-electron chi connectivity index (χ3n) is 4.45. The highest BCUT2D eigenvalue weighted by molar-refractivity contribution is 7.99. The summed E-state index contributed by atoms with van der Waals surface area (Å²) in [6.45, 7) is 1.57. The highest BCUT2D eigenvalue weighted by Crippen LogP contribution is 2.33. The van der Waals surface area contributed by atoms with Crippen molar-refractivity contribution in [3.05, 3.63) is 71.0 Å². The molecule has 176 valence electrons. The number of hydrogen-bond acceptors (Lipinski definition) is 4. The molecule has 1 heterocycles. The van der Waals surface area contributed by atoms with E-state index in [2.05, 4.69) is 15.5 Å². The standard InChI is InChI=1S/C21H18F6N4OS/c1-2-10-33-19-30-29-17(31(19)14-7-5-6-13(11-14)20(22,23)24)12-28-18(32)15-8-3-4-9-16(15)21(25,26)27/h3-9,11H,2,10,12H2,1H3,(H,28,32). The molecule has 3 rings (SSSR count). The van der Waals surface area contributed by atoms with E-state index in [0.717, 1.165) is 30.7 Å². The lowest BCUT2D eigenvalue weighted by molar-refractivity contribution is -0.138. The van der Waals surface area contributed by atoms with E-state index >= 15 is 0 Å². The van der Waals surface area contributed by atoms with E-state index in [1.54, 1.807) is 0 Å². The summed E-state index contributed by atoms with van der Waals surface area (Å²) < 4.78 is 80.6. The second-order valence-electron chi connectivity index (χ2n) is 6.86. The monoisotopic (exact) mass is 488 g/mol. The van der Waals surface area contributed by atoms with Crippen molar-refractivity contribution in [2.24, 2.45) is 0 Å². The van der Waals surface area contributed by atoms with Gasteiger partial charge in [-0.15, -0.1) is 10.2 Å². The average Bonchev–Trinajstić information content (AvgIpc) is 3.17. The third-order valence-corrected chi connectivity index (χ3v) is 5.59. The first kappa shape index (κ1) is 24.6. The molecule has 1 N–H and O–H groups in total. The zero-order valence-corrected chi connectivity index (χ0v) is 18.0. The van der Waals surface area contributed by atoms with Gasteiger partial charge in [-0.3, -0.25) is 9.36 Å². The van der Waals surface area contributed by atoms with Gasteiger partial charge in [0, 0.05) is 5.75 Å². The van der Waals surface area contributed by atoms with Gasteiger partial charge in [0.2, 0.25) is 0 Å². The first-order valence-corrected chi connectivity index (χ1v) is 10.7. The van der Waals surface area contributed by atoms with Crippen LogP contribution in [0.4, 0.5) is 26.3 Å². The molecule has 0 aliphatic heterocycles. The van der Waals surface area contributed by atoms with Gasteiger partial charge in [-0.05, 0) is 36.8 Å². The van der Waals surface area contributed by atoms with Crippen LogP contribution in [0.5, 0.6) is 0 Å². The third kappa shape index (κ3) is 5.86. The number of nitrogens with zero attached hydrogens (tertiary/aromatic N) is 3. The first-order valence-electron chi connectivity index (χ1n) is 9.71. The van der Waals surface area contributed by atoms with Crippen molar-refractivity contribution in [2.75, 3.05) is 5.75 Å². The van der Waals surface area contributed by atoms with Gasteiger partial charge < -0.3 is 5.32 Å². The molecule has 0 atom stereocenters. The molecular formula is C21H18F6N4OS. The Morgan fingerprint density at radius 1 is 1.00 bits per heavy atom. The number of nitrogens with one attached hydrogen (secondary N) is 1. The summed E-state index contributed by atoms with van der Waals surface area (Å²) in [6, 6.07) is 8.80. The number of amides is 1. The molecule has 5 nitrogen and oxygen atoms in total. The van der Waals surface area contributed by atoms with Gasteiger partial charge in [0.1, 0.15) is 0 Å². The molecule has 2 aromatic carbocycles. The van der Waals surface area contributed by atoms with E-state index in [-0.39, 0.29) is 18.1 Å². The predicted octanol–water partition coefficient (Wildman–Crippen LogP) is 5.74. The normalized spacial score (nSPS) is 12.1. The Morgan fingerprint density at radius 2 is 1.73 bits per heavy atom. The number of hydrogen-bond donors (Lipinski definition) is 1. The van der Waals surface area contributed by atoms with E-state index in [1.807, 2.05) is 6.92 Å². The molecule has 0 aliphatic carbocycles. The Labute approximate surface area is 189 Å². The van der Waals surface area contributed by atoms with E-state index in [1.165, 1.54) is 40.6 Å². The minimum atomic E-state index is -4.73. The first-order chi connectivity index (χ1) is 15.5. The van der Waals surface area contributed by atoms with Gasteiger partial charge in [-0.1, -0.05) is 36.9 Å². The van der Waals surface area contributed by atoms with Gasteiger partial charge in [0.05, 0.1) is 28.9 Å². The van der Waals surface area contributed by atoms with Gasteiger partial charge in [-0.25, -0.2) is 0 Å². The topological polar surface area (TPSA) is 59.8 Å². The van der Waals surface area contributed by atoms with Crippen molar-refractivity contribution in [1.82, 2.24) is 20.1 Å². The number of carbonyl (C=O) groups is 1. The van der Waals surface area contributed by atoms with Crippen LogP contribution in [-0.4, -0.2) is 26.4 Å². The molecule has 0 unspecified atom stereocenters. The predicted molar refractivity (Wildman–Crippen MR) is 110 cm³/mol. The van der Waals surface area contributed by atoms with E-state index < -0.39 is 35.0 Å². The summed E-state index contributed by atoms with van der Waals surface area (Å²) >= 11 is 1.26. The molecular weight excluding hydrogens is 470 g/mol. The Kier molecular flexibility index (Phi) is 7.35. The molecule has 0 saturated heterocycles. The van der Waals surface area contributed by atoms with Crippen molar-refractivity contribution >= 4 is 17.7 Å². The van der Waals surface area contributed by atoms with Crippen LogP contribution in [0.3, 0.4) is 0 Å². The second kappa shape index (κ2) is 9.86. The smallest absolute Gasteiger partial charge is 0.345 e. The molecule has 0 bridgehead atoms. The lowest BCUT2D eigenvalue weighted by Gasteiger charge is -2.14. The van der Waals surface area contributed by atoms with Crippen LogP contribution in [0.2, 0.25) is 0 Å².